The molecule has 1 atom stereocenters. The van der Waals surface area contributed by atoms with Crippen LogP contribution < -0.4 is 10.6 Å². The van der Waals surface area contributed by atoms with Crippen molar-refractivity contribution in [1.29, 1.82) is 0 Å². The van der Waals surface area contributed by atoms with E-state index in [-0.39, 0.29) is 11.8 Å². The van der Waals surface area contributed by atoms with Gasteiger partial charge in [-0.25, -0.2) is 9.97 Å². The molecular formula is C36H37N5O. The highest BCUT2D eigenvalue weighted by Gasteiger charge is 2.27. The maximum atomic E-state index is 12.9. The number of rotatable bonds is 10. The number of amides is 1. The molecule has 1 aliphatic rings. The van der Waals surface area contributed by atoms with E-state index in [1.807, 2.05) is 42.6 Å². The van der Waals surface area contributed by atoms with Crippen LogP contribution in [0.1, 0.15) is 41.0 Å². The van der Waals surface area contributed by atoms with Crippen molar-refractivity contribution in [3.05, 3.63) is 119 Å². The Balaban J connectivity index is 1.14. The second kappa shape index (κ2) is 12.5. The van der Waals surface area contributed by atoms with Gasteiger partial charge in [0.1, 0.15) is 0 Å². The molecule has 6 nitrogen and oxygen atoms in total. The van der Waals surface area contributed by atoms with Crippen molar-refractivity contribution in [2.45, 2.75) is 31.6 Å². The SMILES string of the molecule is CN(C)CCCCNc1ncc2c(n1)-c1ccccc1C(c1ccc(NC(=O)Cc3cccc4ccccc34)cc1)C2. The van der Waals surface area contributed by atoms with E-state index in [2.05, 4.69) is 89.2 Å². The van der Waals surface area contributed by atoms with Crippen LogP contribution in [-0.2, 0) is 17.6 Å². The van der Waals surface area contributed by atoms with E-state index in [0.29, 0.717) is 12.4 Å². The second-order valence-electron chi connectivity index (χ2n) is 11.3. The van der Waals surface area contributed by atoms with Crippen molar-refractivity contribution in [1.82, 2.24) is 14.9 Å². The molecule has 42 heavy (non-hydrogen) atoms. The molecule has 0 saturated carbocycles. The van der Waals surface area contributed by atoms with Crippen molar-refractivity contribution in [2.75, 3.05) is 37.8 Å². The van der Waals surface area contributed by atoms with Gasteiger partial charge in [0.05, 0.1) is 12.1 Å². The Labute approximate surface area is 247 Å². The van der Waals surface area contributed by atoms with Crippen LogP contribution in [0.15, 0.2) is 97.2 Å². The van der Waals surface area contributed by atoms with Gasteiger partial charge in [-0.1, -0.05) is 78.9 Å². The Morgan fingerprint density at radius 2 is 1.69 bits per heavy atom. The van der Waals surface area contributed by atoms with E-state index >= 15 is 0 Å². The molecule has 6 rings (SSSR count). The molecule has 0 spiro atoms. The lowest BCUT2D eigenvalue weighted by Gasteiger charge is -2.27. The fourth-order valence-electron chi connectivity index (χ4n) is 5.90. The molecule has 212 valence electrons. The summed E-state index contributed by atoms with van der Waals surface area (Å²) >= 11 is 0. The molecule has 1 unspecified atom stereocenters. The minimum atomic E-state index is -0.0182. The highest BCUT2D eigenvalue weighted by Crippen LogP contribution is 2.42. The zero-order valence-corrected chi connectivity index (χ0v) is 24.3. The van der Waals surface area contributed by atoms with Crippen molar-refractivity contribution >= 4 is 28.3 Å². The number of fused-ring (bicyclic) bond motifs is 4. The van der Waals surface area contributed by atoms with Crippen LogP contribution in [0.5, 0.6) is 0 Å². The van der Waals surface area contributed by atoms with Crippen LogP contribution in [0.3, 0.4) is 0 Å². The summed E-state index contributed by atoms with van der Waals surface area (Å²) < 4.78 is 0. The molecule has 5 aromatic rings. The molecule has 0 fully saturated rings. The molecular weight excluding hydrogens is 518 g/mol. The Kier molecular flexibility index (Phi) is 8.24. The second-order valence-corrected chi connectivity index (χ2v) is 11.3. The number of hydrogen-bond acceptors (Lipinski definition) is 5. The van der Waals surface area contributed by atoms with Gasteiger partial charge >= 0.3 is 0 Å². The molecule has 1 aromatic heterocycles. The molecule has 1 heterocycles. The first-order valence-corrected chi connectivity index (χ1v) is 14.8. The summed E-state index contributed by atoms with van der Waals surface area (Å²) in [6.45, 7) is 1.95. The number of unbranched alkanes of at least 4 members (excludes halogenated alkanes) is 1. The third-order valence-corrected chi connectivity index (χ3v) is 8.02. The predicted molar refractivity (Wildman–Crippen MR) is 172 cm³/mol. The standard InChI is InChI=1S/C36H37N5O/c1-41(2)21-8-7-20-37-36-38-24-28-22-33(31-14-5-6-15-32(31)35(28)40-36)26-16-18-29(19-17-26)39-34(42)23-27-12-9-11-25-10-3-4-13-30(25)27/h3-6,9-19,24,33H,7-8,20-23H2,1-2H3,(H,39,42)(H,37,38,40). The third kappa shape index (κ3) is 6.19. The minimum absolute atomic E-state index is 0.0182. The van der Waals surface area contributed by atoms with Crippen LogP contribution in [0.4, 0.5) is 11.6 Å². The quantitative estimate of drug-likeness (QED) is 0.183. The van der Waals surface area contributed by atoms with Crippen molar-refractivity contribution in [2.24, 2.45) is 0 Å². The Bertz CT molecular complexity index is 1690. The van der Waals surface area contributed by atoms with E-state index < -0.39 is 0 Å². The number of hydrogen-bond donors (Lipinski definition) is 2. The lowest BCUT2D eigenvalue weighted by atomic mass is 9.78. The van der Waals surface area contributed by atoms with Crippen molar-refractivity contribution in [3.8, 4) is 11.3 Å². The highest BCUT2D eigenvalue weighted by molar-refractivity contribution is 5.96. The topological polar surface area (TPSA) is 70.2 Å². The largest absolute Gasteiger partial charge is 0.354 e. The normalized spacial score (nSPS) is 13.9. The zero-order valence-electron chi connectivity index (χ0n) is 24.3. The average Bonchev–Trinajstić information content (AvgIpc) is 3.01. The highest BCUT2D eigenvalue weighted by atomic mass is 16.1. The zero-order chi connectivity index (χ0) is 28.9. The van der Waals surface area contributed by atoms with Gasteiger partial charge in [-0.15, -0.1) is 0 Å². The first-order valence-electron chi connectivity index (χ1n) is 14.8. The number of anilines is 2. The van der Waals surface area contributed by atoms with Gasteiger partial charge in [-0.2, -0.15) is 0 Å². The molecule has 4 aromatic carbocycles. The van der Waals surface area contributed by atoms with Crippen LogP contribution >= 0.6 is 0 Å². The lowest BCUT2D eigenvalue weighted by Crippen LogP contribution is -2.17. The molecule has 1 aliphatic carbocycles. The van der Waals surface area contributed by atoms with Crippen molar-refractivity contribution < 1.29 is 4.79 Å². The average molecular weight is 556 g/mol. The van der Waals surface area contributed by atoms with E-state index in [1.165, 1.54) is 11.1 Å². The first-order chi connectivity index (χ1) is 20.5. The van der Waals surface area contributed by atoms with Gasteiger partial charge in [0.15, 0.2) is 0 Å². The number of benzene rings is 4. The molecule has 2 N–H and O–H groups in total. The maximum absolute atomic E-state index is 12.9. The predicted octanol–water partition coefficient (Wildman–Crippen LogP) is 6.92. The lowest BCUT2D eigenvalue weighted by molar-refractivity contribution is -0.115. The number of aromatic nitrogens is 2. The summed E-state index contributed by atoms with van der Waals surface area (Å²) in [4.78, 5) is 24.7. The van der Waals surface area contributed by atoms with Crippen LogP contribution in [0.25, 0.3) is 22.0 Å². The van der Waals surface area contributed by atoms with Gasteiger partial charge in [0.25, 0.3) is 0 Å². The van der Waals surface area contributed by atoms with Gasteiger partial charge < -0.3 is 15.5 Å². The Morgan fingerprint density at radius 1 is 0.905 bits per heavy atom. The Morgan fingerprint density at radius 3 is 2.55 bits per heavy atom. The van der Waals surface area contributed by atoms with Gasteiger partial charge in [0.2, 0.25) is 11.9 Å². The summed E-state index contributed by atoms with van der Waals surface area (Å²) in [5, 5.41) is 8.77. The fourth-order valence-corrected chi connectivity index (χ4v) is 5.90. The summed E-state index contributed by atoms with van der Waals surface area (Å²) in [6, 6.07) is 31.1. The van der Waals surface area contributed by atoms with Crippen LogP contribution in [0, 0.1) is 0 Å². The first kappa shape index (κ1) is 27.6. The van der Waals surface area contributed by atoms with Gasteiger partial charge in [-0.05, 0) is 85.1 Å². The molecule has 0 bridgehead atoms. The monoisotopic (exact) mass is 555 g/mol. The molecule has 0 aliphatic heterocycles. The molecule has 0 saturated heterocycles. The number of nitrogens with zero attached hydrogens (tertiary/aromatic N) is 3. The molecule has 1 amide bonds. The number of nitrogens with one attached hydrogen (secondary N) is 2. The van der Waals surface area contributed by atoms with Gasteiger partial charge in [0, 0.05) is 29.9 Å². The van der Waals surface area contributed by atoms with Gasteiger partial charge in [-0.3, -0.25) is 4.79 Å². The Hall–Kier alpha value is -4.55. The fraction of sp³-hybridized carbons (Fsp3) is 0.250. The van der Waals surface area contributed by atoms with Crippen molar-refractivity contribution in [3.63, 3.8) is 0 Å². The number of carbonyl (C=O) groups is 1. The number of carbonyl (C=O) groups excluding carboxylic acids is 1. The van der Waals surface area contributed by atoms with Crippen LogP contribution in [-0.4, -0.2) is 48.0 Å². The summed E-state index contributed by atoms with van der Waals surface area (Å²) in [5.74, 6) is 0.869. The van der Waals surface area contributed by atoms with E-state index in [4.69, 9.17) is 4.98 Å². The summed E-state index contributed by atoms with van der Waals surface area (Å²) in [5.41, 5.74) is 7.66. The maximum Gasteiger partial charge on any atom is 0.228 e. The summed E-state index contributed by atoms with van der Waals surface area (Å²) in [6.07, 6.45) is 5.37. The van der Waals surface area contributed by atoms with E-state index in [0.717, 1.165) is 71.2 Å². The molecule has 6 heteroatoms. The van der Waals surface area contributed by atoms with Crippen LogP contribution in [0.2, 0.25) is 0 Å². The molecule has 0 radical (unpaired) electrons. The smallest absolute Gasteiger partial charge is 0.228 e. The van der Waals surface area contributed by atoms with E-state index in [1.54, 1.807) is 0 Å². The minimum Gasteiger partial charge on any atom is -0.354 e. The third-order valence-electron chi connectivity index (χ3n) is 8.02. The summed E-state index contributed by atoms with van der Waals surface area (Å²) in [7, 11) is 4.21. The van der Waals surface area contributed by atoms with E-state index in [9.17, 15) is 4.79 Å².